The number of nitrogens with zero attached hydrogens (tertiary/aromatic N) is 2. The zero-order valence-corrected chi connectivity index (χ0v) is 19.3. The van der Waals surface area contributed by atoms with Crippen LogP contribution < -0.4 is 10.1 Å². The fourth-order valence-corrected chi connectivity index (χ4v) is 4.58. The van der Waals surface area contributed by atoms with Crippen molar-refractivity contribution < 1.29 is 9.47 Å². The lowest BCUT2D eigenvalue weighted by Gasteiger charge is -2.24. The van der Waals surface area contributed by atoms with Crippen molar-refractivity contribution in [1.82, 2.24) is 9.97 Å². The van der Waals surface area contributed by atoms with Crippen LogP contribution in [0.5, 0.6) is 5.88 Å². The Morgan fingerprint density at radius 2 is 1.90 bits per heavy atom. The van der Waals surface area contributed by atoms with Gasteiger partial charge in [0.25, 0.3) is 5.88 Å². The minimum absolute atomic E-state index is 0.0179. The fourth-order valence-electron chi connectivity index (χ4n) is 4.08. The Morgan fingerprint density at radius 3 is 2.61 bits per heavy atom. The number of aryl methyl sites for hydroxylation is 1. The molecule has 1 aromatic heterocycles. The monoisotopic (exact) mass is 457 g/mol. The molecule has 1 aliphatic carbocycles. The van der Waals surface area contributed by atoms with Gasteiger partial charge in [0.1, 0.15) is 0 Å². The van der Waals surface area contributed by atoms with Crippen molar-refractivity contribution in [3.8, 4) is 17.1 Å². The second kappa shape index (κ2) is 9.43. The summed E-state index contributed by atoms with van der Waals surface area (Å²) in [5.74, 6) is 1.01. The van der Waals surface area contributed by atoms with Crippen molar-refractivity contribution in [3.63, 3.8) is 0 Å². The highest BCUT2D eigenvalue weighted by molar-refractivity contribution is 6.36. The number of aromatic nitrogens is 2. The SMILES string of the molecule is CCOC1Cc2ccccc2C1Nc1nc(CC)c(-c2ccc(Cl)cc2Cl)nc1OC. The number of halogens is 2. The summed E-state index contributed by atoms with van der Waals surface area (Å²) in [6.45, 7) is 4.70. The molecule has 0 saturated carbocycles. The molecule has 162 valence electrons. The molecule has 0 fully saturated rings. The summed E-state index contributed by atoms with van der Waals surface area (Å²) < 4.78 is 11.7. The van der Waals surface area contributed by atoms with E-state index in [0.29, 0.717) is 40.5 Å². The molecule has 0 radical (unpaired) electrons. The molecular weight excluding hydrogens is 433 g/mol. The van der Waals surface area contributed by atoms with Gasteiger partial charge in [-0.2, -0.15) is 0 Å². The van der Waals surface area contributed by atoms with E-state index in [2.05, 4.69) is 23.5 Å². The molecule has 0 saturated heterocycles. The molecule has 7 heteroatoms. The third-order valence-corrected chi connectivity index (χ3v) is 6.05. The lowest BCUT2D eigenvalue weighted by atomic mass is 10.1. The maximum atomic E-state index is 6.45. The van der Waals surface area contributed by atoms with Gasteiger partial charge in [-0.3, -0.25) is 0 Å². The highest BCUT2D eigenvalue weighted by atomic mass is 35.5. The smallest absolute Gasteiger partial charge is 0.257 e. The number of ether oxygens (including phenoxy) is 2. The zero-order valence-electron chi connectivity index (χ0n) is 17.8. The minimum atomic E-state index is -0.0333. The van der Waals surface area contributed by atoms with Crippen LogP contribution in [-0.2, 0) is 17.6 Å². The largest absolute Gasteiger partial charge is 0.478 e. The van der Waals surface area contributed by atoms with E-state index in [1.807, 2.05) is 26.0 Å². The summed E-state index contributed by atoms with van der Waals surface area (Å²) in [7, 11) is 1.59. The third kappa shape index (κ3) is 4.36. The van der Waals surface area contributed by atoms with Gasteiger partial charge in [0.2, 0.25) is 0 Å². The molecule has 0 aliphatic heterocycles. The van der Waals surface area contributed by atoms with Gasteiger partial charge in [0.15, 0.2) is 5.82 Å². The van der Waals surface area contributed by atoms with Gasteiger partial charge in [-0.05, 0) is 42.7 Å². The van der Waals surface area contributed by atoms with Gasteiger partial charge in [0.05, 0.1) is 35.7 Å². The van der Waals surface area contributed by atoms with Crippen LogP contribution in [0.25, 0.3) is 11.3 Å². The van der Waals surface area contributed by atoms with Crippen LogP contribution in [0.4, 0.5) is 5.82 Å². The number of methoxy groups -OCH3 is 1. The molecule has 2 unspecified atom stereocenters. The van der Waals surface area contributed by atoms with E-state index in [9.17, 15) is 0 Å². The summed E-state index contributed by atoms with van der Waals surface area (Å²) in [4.78, 5) is 9.66. The molecule has 4 rings (SSSR count). The molecule has 0 bridgehead atoms. The average molecular weight is 458 g/mol. The van der Waals surface area contributed by atoms with Gasteiger partial charge in [0, 0.05) is 23.6 Å². The first kappa shape index (κ1) is 21.9. The summed E-state index contributed by atoms with van der Waals surface area (Å²) in [5.41, 5.74) is 4.79. The Kier molecular flexibility index (Phi) is 6.65. The van der Waals surface area contributed by atoms with Crippen molar-refractivity contribution in [2.45, 2.75) is 38.8 Å². The van der Waals surface area contributed by atoms with Crippen molar-refractivity contribution in [3.05, 3.63) is 69.3 Å². The Hall–Kier alpha value is -2.34. The highest BCUT2D eigenvalue weighted by Gasteiger charge is 2.34. The van der Waals surface area contributed by atoms with E-state index in [0.717, 1.165) is 17.7 Å². The molecule has 2 aromatic carbocycles. The Morgan fingerprint density at radius 1 is 1.10 bits per heavy atom. The molecule has 3 aromatic rings. The van der Waals surface area contributed by atoms with E-state index < -0.39 is 0 Å². The summed E-state index contributed by atoms with van der Waals surface area (Å²) in [6, 6.07) is 13.7. The van der Waals surface area contributed by atoms with Gasteiger partial charge in [-0.1, -0.05) is 54.4 Å². The number of benzene rings is 2. The quantitative estimate of drug-likeness (QED) is 0.461. The standard InChI is InChI=1S/C24H25Cl2N3O2/c1-4-19-21(17-11-10-15(25)13-18(17)26)29-24(30-3)23(27-19)28-22-16-9-7-6-8-14(16)12-20(22)31-5-2/h6-11,13,20,22H,4-5,12H2,1-3H3,(H,27,28). The van der Waals surface area contributed by atoms with E-state index in [1.54, 1.807) is 19.2 Å². The van der Waals surface area contributed by atoms with Crippen LogP contribution >= 0.6 is 23.2 Å². The van der Waals surface area contributed by atoms with Crippen molar-refractivity contribution in [2.24, 2.45) is 0 Å². The average Bonchev–Trinajstić information content (AvgIpc) is 3.11. The predicted molar refractivity (Wildman–Crippen MR) is 125 cm³/mol. The third-order valence-electron chi connectivity index (χ3n) is 5.51. The number of hydrogen-bond donors (Lipinski definition) is 1. The minimum Gasteiger partial charge on any atom is -0.478 e. The first-order chi connectivity index (χ1) is 15.0. The summed E-state index contributed by atoms with van der Waals surface area (Å²) >= 11 is 12.5. The predicted octanol–water partition coefficient (Wildman–Crippen LogP) is 6.14. The van der Waals surface area contributed by atoms with Gasteiger partial charge >= 0.3 is 0 Å². The molecule has 0 spiro atoms. The number of hydrogen-bond acceptors (Lipinski definition) is 5. The van der Waals surface area contributed by atoms with Crippen molar-refractivity contribution in [1.29, 1.82) is 0 Å². The van der Waals surface area contributed by atoms with Crippen LogP contribution in [0.3, 0.4) is 0 Å². The van der Waals surface area contributed by atoms with Crippen molar-refractivity contribution >= 4 is 29.0 Å². The topological polar surface area (TPSA) is 56.3 Å². The normalized spacial score (nSPS) is 17.5. The van der Waals surface area contributed by atoms with Crippen molar-refractivity contribution in [2.75, 3.05) is 19.0 Å². The first-order valence-electron chi connectivity index (χ1n) is 10.4. The molecule has 5 nitrogen and oxygen atoms in total. The lowest BCUT2D eigenvalue weighted by Crippen LogP contribution is -2.25. The highest BCUT2D eigenvalue weighted by Crippen LogP contribution is 2.39. The number of rotatable bonds is 7. The summed E-state index contributed by atoms with van der Waals surface area (Å²) in [5, 5.41) is 4.65. The Bertz CT molecular complexity index is 1090. The fraction of sp³-hybridized carbons (Fsp3) is 0.333. The van der Waals surface area contributed by atoms with E-state index >= 15 is 0 Å². The lowest BCUT2D eigenvalue weighted by molar-refractivity contribution is 0.0573. The molecule has 0 amide bonds. The molecule has 31 heavy (non-hydrogen) atoms. The number of nitrogens with one attached hydrogen (secondary N) is 1. The zero-order chi connectivity index (χ0) is 22.0. The number of fused-ring (bicyclic) bond motifs is 1. The molecule has 1 aliphatic rings. The van der Waals surface area contributed by atoms with Gasteiger partial charge in [-0.15, -0.1) is 0 Å². The van der Waals surface area contributed by atoms with E-state index in [-0.39, 0.29) is 12.1 Å². The van der Waals surface area contributed by atoms with Crippen LogP contribution in [-0.4, -0.2) is 29.8 Å². The maximum Gasteiger partial charge on any atom is 0.257 e. The van der Waals surface area contributed by atoms with Crippen LogP contribution in [0.2, 0.25) is 10.0 Å². The molecule has 2 atom stereocenters. The van der Waals surface area contributed by atoms with E-state index in [1.165, 1.54) is 11.1 Å². The second-order valence-corrected chi connectivity index (χ2v) is 8.22. The maximum absolute atomic E-state index is 6.45. The van der Waals surface area contributed by atoms with Gasteiger partial charge < -0.3 is 14.8 Å². The summed E-state index contributed by atoms with van der Waals surface area (Å²) in [6.07, 6.45) is 1.57. The second-order valence-electron chi connectivity index (χ2n) is 7.37. The van der Waals surface area contributed by atoms with Crippen LogP contribution in [0.1, 0.15) is 36.7 Å². The first-order valence-corrected chi connectivity index (χ1v) is 11.2. The van der Waals surface area contributed by atoms with Crippen LogP contribution in [0, 0.1) is 0 Å². The number of anilines is 1. The van der Waals surface area contributed by atoms with E-state index in [4.69, 9.17) is 42.6 Å². The van der Waals surface area contributed by atoms with Gasteiger partial charge in [-0.25, -0.2) is 9.97 Å². The Labute approximate surface area is 192 Å². The Balaban J connectivity index is 1.75. The molecular formula is C24H25Cl2N3O2. The van der Waals surface area contributed by atoms with Crippen LogP contribution in [0.15, 0.2) is 42.5 Å². The molecule has 1 heterocycles. The molecule has 1 N–H and O–H groups in total.